The van der Waals surface area contributed by atoms with E-state index in [1.807, 2.05) is 0 Å². The van der Waals surface area contributed by atoms with Crippen LogP contribution in [-0.2, 0) is 0 Å². The number of rotatable bonds is 1. The van der Waals surface area contributed by atoms with Gasteiger partial charge in [0.25, 0.3) is 0 Å². The van der Waals surface area contributed by atoms with E-state index < -0.39 is 0 Å². The molecule has 1 heterocycles. The highest BCUT2D eigenvalue weighted by atomic mass is 35.5. The van der Waals surface area contributed by atoms with Gasteiger partial charge in [0.1, 0.15) is 11.0 Å². The standard InChI is InChI=1S/C6H5ClN2S/c1-4-8-5(3-10)2-6(7)9-4/h2-3H,1H3. The maximum Gasteiger partial charge on any atom is 0.133 e. The number of nitrogens with zero attached hydrogens (tertiary/aromatic N) is 2. The lowest BCUT2D eigenvalue weighted by molar-refractivity contribution is 1.05. The predicted octanol–water partition coefficient (Wildman–Crippen LogP) is 1.79. The molecular formula is C6H5ClN2S. The molecule has 0 atom stereocenters. The lowest BCUT2D eigenvalue weighted by Crippen LogP contribution is -1.92. The maximum atomic E-state index is 5.61. The van der Waals surface area contributed by atoms with Crippen LogP contribution in [0.3, 0.4) is 0 Å². The van der Waals surface area contributed by atoms with Crippen molar-refractivity contribution in [2.75, 3.05) is 0 Å². The van der Waals surface area contributed by atoms with E-state index in [-0.39, 0.29) is 0 Å². The van der Waals surface area contributed by atoms with Crippen LogP contribution in [0, 0.1) is 6.92 Å². The molecule has 1 aromatic heterocycles. The summed E-state index contributed by atoms with van der Waals surface area (Å²) in [6, 6.07) is 1.63. The fourth-order valence-electron chi connectivity index (χ4n) is 0.613. The molecule has 0 saturated carbocycles. The molecule has 0 amide bonds. The van der Waals surface area contributed by atoms with E-state index in [9.17, 15) is 0 Å². The topological polar surface area (TPSA) is 25.8 Å². The summed E-state index contributed by atoms with van der Waals surface area (Å²) in [5, 5.41) is 1.91. The lowest BCUT2D eigenvalue weighted by Gasteiger charge is -1.93. The van der Waals surface area contributed by atoms with Crippen molar-refractivity contribution in [3.8, 4) is 0 Å². The van der Waals surface area contributed by atoms with E-state index in [0.717, 1.165) is 0 Å². The second kappa shape index (κ2) is 3.03. The first-order valence-corrected chi connectivity index (χ1v) is 3.53. The first-order chi connectivity index (χ1) is 4.72. The minimum Gasteiger partial charge on any atom is -0.233 e. The summed E-state index contributed by atoms with van der Waals surface area (Å²) in [4.78, 5) is 7.87. The van der Waals surface area contributed by atoms with Gasteiger partial charge in [0.05, 0.1) is 5.69 Å². The molecule has 1 aromatic rings. The maximum absolute atomic E-state index is 5.61. The Morgan fingerprint density at radius 2 is 2.30 bits per heavy atom. The zero-order chi connectivity index (χ0) is 7.56. The number of aromatic nitrogens is 2. The Kier molecular flexibility index (Phi) is 2.29. The van der Waals surface area contributed by atoms with Crippen LogP contribution in [-0.4, -0.2) is 15.3 Å². The normalized spacial score (nSPS) is 9.40. The molecule has 0 bridgehead atoms. The highest BCUT2D eigenvalue weighted by Crippen LogP contribution is 2.04. The second-order valence-corrected chi connectivity index (χ2v) is 2.40. The molecule has 0 aromatic carbocycles. The van der Waals surface area contributed by atoms with Gasteiger partial charge in [-0.3, -0.25) is 0 Å². The Bertz CT molecular complexity index is 242. The second-order valence-electron chi connectivity index (χ2n) is 1.78. The van der Waals surface area contributed by atoms with Gasteiger partial charge in [-0.2, -0.15) is 0 Å². The van der Waals surface area contributed by atoms with Gasteiger partial charge in [-0.15, -0.1) is 0 Å². The summed E-state index contributed by atoms with van der Waals surface area (Å²) in [7, 11) is 0. The monoisotopic (exact) mass is 172 g/mol. The van der Waals surface area contributed by atoms with Gasteiger partial charge in [-0.05, 0) is 6.92 Å². The molecule has 0 aliphatic heterocycles. The Morgan fingerprint density at radius 3 is 2.80 bits per heavy atom. The largest absolute Gasteiger partial charge is 0.233 e. The molecule has 2 nitrogen and oxygen atoms in total. The van der Waals surface area contributed by atoms with Crippen LogP contribution >= 0.6 is 23.8 Å². The molecule has 4 heteroatoms. The third-order valence-corrected chi connectivity index (χ3v) is 1.38. The minimum atomic E-state index is 0.434. The Balaban J connectivity index is 3.18. The molecule has 0 spiro atoms. The predicted molar refractivity (Wildman–Crippen MR) is 44.5 cm³/mol. The minimum absolute atomic E-state index is 0.434. The number of hydrogen-bond donors (Lipinski definition) is 0. The van der Waals surface area contributed by atoms with Gasteiger partial charge in [0, 0.05) is 11.4 Å². The molecule has 0 fully saturated rings. The van der Waals surface area contributed by atoms with Crippen molar-refractivity contribution >= 4 is 29.2 Å². The zero-order valence-corrected chi connectivity index (χ0v) is 6.91. The van der Waals surface area contributed by atoms with E-state index in [4.69, 9.17) is 11.6 Å². The van der Waals surface area contributed by atoms with Gasteiger partial charge in [-0.1, -0.05) is 23.8 Å². The summed E-state index contributed by atoms with van der Waals surface area (Å²) in [6.07, 6.45) is 0. The Morgan fingerprint density at radius 1 is 1.60 bits per heavy atom. The van der Waals surface area contributed by atoms with Crippen molar-refractivity contribution in [2.45, 2.75) is 6.92 Å². The first kappa shape index (κ1) is 7.57. The zero-order valence-electron chi connectivity index (χ0n) is 5.34. The van der Waals surface area contributed by atoms with Crippen molar-refractivity contribution in [3.05, 3.63) is 22.7 Å². The SMILES string of the molecule is Cc1nc(Cl)cc(C=S)n1. The van der Waals surface area contributed by atoms with Gasteiger partial charge in [0.2, 0.25) is 0 Å². The van der Waals surface area contributed by atoms with Crippen molar-refractivity contribution < 1.29 is 0 Å². The lowest BCUT2D eigenvalue weighted by atomic mass is 10.4. The van der Waals surface area contributed by atoms with Crippen molar-refractivity contribution in [1.82, 2.24) is 9.97 Å². The number of halogens is 1. The van der Waals surface area contributed by atoms with Gasteiger partial charge in [0.15, 0.2) is 0 Å². The summed E-state index contributed by atoms with van der Waals surface area (Å²) in [6.45, 7) is 1.77. The molecule has 1 rings (SSSR count). The highest BCUT2D eigenvalue weighted by molar-refractivity contribution is 7.79. The van der Waals surface area contributed by atoms with E-state index in [1.54, 1.807) is 13.0 Å². The first-order valence-electron chi connectivity index (χ1n) is 2.69. The van der Waals surface area contributed by atoms with Gasteiger partial charge < -0.3 is 0 Å². The number of hydrogen-bond acceptors (Lipinski definition) is 3. The van der Waals surface area contributed by atoms with Crippen LogP contribution in [0.25, 0.3) is 0 Å². The molecular weight excluding hydrogens is 168 g/mol. The molecule has 0 aliphatic rings. The third kappa shape index (κ3) is 1.72. The fraction of sp³-hybridized carbons (Fsp3) is 0.167. The average Bonchev–Trinajstić information content (AvgIpc) is 1.85. The number of thiocarbonyl (C=S) groups is 1. The average molecular weight is 173 g/mol. The van der Waals surface area contributed by atoms with E-state index in [2.05, 4.69) is 22.2 Å². The molecule has 52 valence electrons. The molecule has 10 heavy (non-hydrogen) atoms. The van der Waals surface area contributed by atoms with Crippen molar-refractivity contribution in [2.24, 2.45) is 0 Å². The molecule has 0 radical (unpaired) electrons. The van der Waals surface area contributed by atoms with Crippen LogP contribution in [0.2, 0.25) is 5.15 Å². The summed E-state index contributed by atoms with van der Waals surface area (Å²) in [5.74, 6) is 0.642. The van der Waals surface area contributed by atoms with Crippen LogP contribution in [0.5, 0.6) is 0 Å². The summed E-state index contributed by atoms with van der Waals surface area (Å²) >= 11 is 10.3. The van der Waals surface area contributed by atoms with E-state index in [1.165, 1.54) is 5.37 Å². The van der Waals surface area contributed by atoms with Crippen LogP contribution in [0.1, 0.15) is 11.5 Å². The van der Waals surface area contributed by atoms with Gasteiger partial charge >= 0.3 is 0 Å². The Labute approximate surface area is 69.3 Å². The Hall–Kier alpha value is -0.540. The smallest absolute Gasteiger partial charge is 0.133 e. The van der Waals surface area contributed by atoms with E-state index >= 15 is 0 Å². The van der Waals surface area contributed by atoms with Crippen LogP contribution in [0.4, 0.5) is 0 Å². The quantitative estimate of drug-likeness (QED) is 0.477. The highest BCUT2D eigenvalue weighted by Gasteiger charge is 1.94. The summed E-state index contributed by atoms with van der Waals surface area (Å²) < 4.78 is 0. The van der Waals surface area contributed by atoms with Crippen LogP contribution in [0.15, 0.2) is 6.07 Å². The van der Waals surface area contributed by atoms with Gasteiger partial charge in [-0.25, -0.2) is 9.97 Å². The fourth-order valence-corrected chi connectivity index (χ4v) is 0.968. The van der Waals surface area contributed by atoms with Crippen molar-refractivity contribution in [1.29, 1.82) is 0 Å². The van der Waals surface area contributed by atoms with E-state index in [0.29, 0.717) is 16.7 Å². The number of aryl methyl sites for hydroxylation is 1. The molecule has 0 unspecified atom stereocenters. The summed E-state index contributed by atoms with van der Waals surface area (Å²) in [5.41, 5.74) is 0.688. The molecule has 0 N–H and O–H groups in total. The third-order valence-electron chi connectivity index (χ3n) is 0.947. The molecule has 0 saturated heterocycles. The molecule has 0 aliphatic carbocycles. The van der Waals surface area contributed by atoms with Crippen molar-refractivity contribution in [3.63, 3.8) is 0 Å². The van der Waals surface area contributed by atoms with Crippen LogP contribution < -0.4 is 0 Å².